The van der Waals surface area contributed by atoms with Crippen LogP contribution in [0.4, 0.5) is 0 Å². The second-order valence-corrected chi connectivity index (χ2v) is 8.84. The molecule has 22 heavy (non-hydrogen) atoms. The van der Waals surface area contributed by atoms with Gasteiger partial charge in [0.1, 0.15) is 0 Å². The molecule has 0 saturated heterocycles. The van der Waals surface area contributed by atoms with Crippen LogP contribution in [0.25, 0.3) is 0 Å². The number of fused-ring (bicyclic) bond motifs is 3. The van der Waals surface area contributed by atoms with Crippen molar-refractivity contribution in [3.05, 3.63) is 24.3 Å². The molecule has 3 aliphatic carbocycles. The van der Waals surface area contributed by atoms with Crippen LogP contribution in [0.5, 0.6) is 0 Å². The van der Waals surface area contributed by atoms with Crippen molar-refractivity contribution in [2.24, 2.45) is 28.1 Å². The van der Waals surface area contributed by atoms with Gasteiger partial charge in [0.2, 0.25) is 0 Å². The average molecular weight is 304 g/mol. The minimum Gasteiger partial charge on any atom is -0.396 e. The Hall–Kier alpha value is -0.600. The molecular formula is C20H32O2. The second kappa shape index (κ2) is 5.21. The van der Waals surface area contributed by atoms with Crippen LogP contribution < -0.4 is 0 Å². The monoisotopic (exact) mass is 304 g/mol. The van der Waals surface area contributed by atoms with Gasteiger partial charge in [0.25, 0.3) is 0 Å². The Morgan fingerprint density at radius 1 is 1.23 bits per heavy atom. The van der Waals surface area contributed by atoms with Crippen LogP contribution in [0.3, 0.4) is 0 Å². The summed E-state index contributed by atoms with van der Waals surface area (Å²) in [6, 6.07) is 0. The Morgan fingerprint density at radius 2 is 1.95 bits per heavy atom. The van der Waals surface area contributed by atoms with Gasteiger partial charge >= 0.3 is 0 Å². The summed E-state index contributed by atoms with van der Waals surface area (Å²) in [5.41, 5.74) is 1.66. The number of hydrogen-bond donors (Lipinski definition) is 2. The van der Waals surface area contributed by atoms with Crippen LogP contribution in [0.15, 0.2) is 24.3 Å². The summed E-state index contributed by atoms with van der Waals surface area (Å²) in [5.74, 6) is 1.04. The van der Waals surface area contributed by atoms with Crippen LogP contribution in [0, 0.1) is 28.1 Å². The molecule has 0 aliphatic heterocycles. The largest absolute Gasteiger partial charge is 0.396 e. The van der Waals surface area contributed by atoms with Gasteiger partial charge in [-0.2, -0.15) is 0 Å². The lowest BCUT2D eigenvalue weighted by molar-refractivity contribution is -0.153. The van der Waals surface area contributed by atoms with Crippen LogP contribution in [0.2, 0.25) is 0 Å². The highest BCUT2D eigenvalue weighted by atomic mass is 16.3. The third-order valence-corrected chi connectivity index (χ3v) is 7.57. The Balaban J connectivity index is 1.98. The lowest BCUT2D eigenvalue weighted by atomic mass is 9.44. The van der Waals surface area contributed by atoms with Gasteiger partial charge in [-0.15, -0.1) is 6.58 Å². The van der Waals surface area contributed by atoms with Crippen molar-refractivity contribution in [2.45, 2.75) is 65.4 Å². The summed E-state index contributed by atoms with van der Waals surface area (Å²) in [7, 11) is 0. The van der Waals surface area contributed by atoms with Gasteiger partial charge in [0.05, 0.1) is 12.7 Å². The molecule has 0 aromatic heterocycles. The Morgan fingerprint density at radius 3 is 2.59 bits per heavy atom. The number of hydrogen-bond acceptors (Lipinski definition) is 2. The number of aliphatic hydroxyl groups excluding tert-OH is 2. The van der Waals surface area contributed by atoms with Crippen LogP contribution in [-0.4, -0.2) is 22.9 Å². The fraction of sp³-hybridized carbons (Fsp3) is 0.800. The van der Waals surface area contributed by atoms with Crippen molar-refractivity contribution < 1.29 is 10.2 Å². The standard InChI is InChI=1S/C20H32O2/c1-5-18(2)10-8-15-14(12-18)6-7-16-19(15,3)11-9-17(22)20(16,4)13-21/h5,12,15-17,21-22H,1,6-11,13H2,2-4H3/t15-,16+,17-,18-,19+,20-/m0/s1. The van der Waals surface area contributed by atoms with E-state index in [9.17, 15) is 10.2 Å². The molecule has 0 heterocycles. The molecule has 2 saturated carbocycles. The lowest BCUT2D eigenvalue weighted by Crippen LogP contribution is -2.58. The van der Waals surface area contributed by atoms with E-state index in [0.717, 1.165) is 25.7 Å². The first kappa shape index (κ1) is 16.3. The van der Waals surface area contributed by atoms with E-state index in [-0.39, 0.29) is 29.0 Å². The number of aliphatic hydroxyl groups is 2. The molecule has 0 spiro atoms. The molecule has 0 bridgehead atoms. The quantitative estimate of drug-likeness (QED) is 0.755. The predicted molar refractivity (Wildman–Crippen MR) is 90.4 cm³/mol. The molecule has 0 amide bonds. The van der Waals surface area contributed by atoms with Crippen molar-refractivity contribution in [1.82, 2.24) is 0 Å². The van der Waals surface area contributed by atoms with E-state index >= 15 is 0 Å². The maximum atomic E-state index is 10.5. The van der Waals surface area contributed by atoms with Gasteiger partial charge in [-0.3, -0.25) is 0 Å². The first-order valence-corrected chi connectivity index (χ1v) is 8.93. The van der Waals surface area contributed by atoms with Crippen molar-refractivity contribution >= 4 is 0 Å². The van der Waals surface area contributed by atoms with Gasteiger partial charge in [0.15, 0.2) is 0 Å². The minimum absolute atomic E-state index is 0.102. The molecule has 2 nitrogen and oxygen atoms in total. The molecule has 0 aromatic rings. The van der Waals surface area contributed by atoms with Gasteiger partial charge in [-0.25, -0.2) is 0 Å². The molecule has 124 valence electrons. The van der Waals surface area contributed by atoms with Crippen molar-refractivity contribution in [3.63, 3.8) is 0 Å². The summed E-state index contributed by atoms with van der Waals surface area (Å²) >= 11 is 0. The topological polar surface area (TPSA) is 40.5 Å². The van der Waals surface area contributed by atoms with Crippen LogP contribution in [0.1, 0.15) is 59.3 Å². The Bertz CT molecular complexity index is 496. The highest BCUT2D eigenvalue weighted by Gasteiger charge is 2.58. The normalized spacial score (nSPS) is 51.5. The number of rotatable bonds is 2. The highest BCUT2D eigenvalue weighted by molar-refractivity contribution is 5.27. The predicted octanol–water partition coefficient (Wildman–Crippen LogP) is 4.08. The third-order valence-electron chi connectivity index (χ3n) is 7.57. The van der Waals surface area contributed by atoms with Crippen LogP contribution >= 0.6 is 0 Å². The minimum atomic E-state index is -0.358. The summed E-state index contributed by atoms with van der Waals surface area (Å²) in [6.45, 7) is 10.9. The lowest BCUT2D eigenvalue weighted by Gasteiger charge is -2.61. The fourth-order valence-electron chi connectivity index (χ4n) is 5.94. The molecular weight excluding hydrogens is 272 g/mol. The molecule has 3 rings (SSSR count). The molecule has 6 atom stereocenters. The van der Waals surface area contributed by atoms with E-state index in [0.29, 0.717) is 11.8 Å². The van der Waals surface area contributed by atoms with Gasteiger partial charge in [0, 0.05) is 10.8 Å². The van der Waals surface area contributed by atoms with E-state index in [1.54, 1.807) is 5.57 Å². The smallest absolute Gasteiger partial charge is 0.0618 e. The zero-order valence-electron chi connectivity index (χ0n) is 14.4. The summed E-state index contributed by atoms with van der Waals surface area (Å²) in [6.07, 6.45) is 10.8. The third kappa shape index (κ3) is 2.14. The zero-order chi connectivity index (χ0) is 16.2. The van der Waals surface area contributed by atoms with Gasteiger partial charge < -0.3 is 10.2 Å². The van der Waals surface area contributed by atoms with E-state index in [1.807, 2.05) is 0 Å². The van der Waals surface area contributed by atoms with Crippen molar-refractivity contribution in [1.29, 1.82) is 0 Å². The molecule has 0 radical (unpaired) electrons. The van der Waals surface area contributed by atoms with Gasteiger partial charge in [-0.1, -0.05) is 38.5 Å². The fourth-order valence-corrected chi connectivity index (χ4v) is 5.94. The zero-order valence-corrected chi connectivity index (χ0v) is 14.4. The summed E-state index contributed by atoms with van der Waals surface area (Å²) in [4.78, 5) is 0. The molecule has 2 N–H and O–H groups in total. The van der Waals surface area contributed by atoms with Crippen LogP contribution in [-0.2, 0) is 0 Å². The first-order chi connectivity index (χ1) is 10.3. The highest BCUT2D eigenvalue weighted by Crippen LogP contribution is 2.63. The molecule has 2 fully saturated rings. The number of allylic oxidation sites excluding steroid dienone is 3. The second-order valence-electron chi connectivity index (χ2n) is 8.84. The van der Waals surface area contributed by atoms with E-state index in [1.165, 1.54) is 12.8 Å². The van der Waals surface area contributed by atoms with Crippen molar-refractivity contribution in [2.75, 3.05) is 6.61 Å². The van der Waals surface area contributed by atoms with Crippen molar-refractivity contribution in [3.8, 4) is 0 Å². The van der Waals surface area contributed by atoms with E-state index in [2.05, 4.69) is 39.5 Å². The molecule has 3 aliphatic rings. The SMILES string of the molecule is C=C[C@]1(C)C=C2CC[C@H]3[C@](C)(CO)[C@@H](O)CC[C@]3(C)[C@H]2CC1. The maximum Gasteiger partial charge on any atom is 0.0618 e. The Kier molecular flexibility index (Phi) is 3.85. The molecule has 0 aromatic carbocycles. The summed E-state index contributed by atoms with van der Waals surface area (Å²) in [5, 5.41) is 20.5. The van der Waals surface area contributed by atoms with Gasteiger partial charge in [-0.05, 0) is 55.8 Å². The molecule has 2 heteroatoms. The van der Waals surface area contributed by atoms with E-state index in [4.69, 9.17) is 0 Å². The first-order valence-electron chi connectivity index (χ1n) is 8.93. The Labute approximate surface area is 135 Å². The molecule has 0 unspecified atom stereocenters. The maximum absolute atomic E-state index is 10.5. The van der Waals surface area contributed by atoms with E-state index < -0.39 is 0 Å². The summed E-state index contributed by atoms with van der Waals surface area (Å²) < 4.78 is 0. The average Bonchev–Trinajstić information content (AvgIpc) is 2.51.